The Hall–Kier alpha value is -1.18. The number of likely N-dealkylation sites (N-methyl/N-ethyl adjacent to an activating group) is 1. The molecule has 2 rings (SSSR count). The summed E-state index contributed by atoms with van der Waals surface area (Å²) in [6.07, 6.45) is 2.02. The molecule has 1 aliphatic heterocycles. The maximum Gasteiger partial charge on any atom is 0.239 e. The Morgan fingerprint density at radius 2 is 2.30 bits per heavy atom. The molecule has 8 heteroatoms. The number of aromatic nitrogens is 1. The van der Waals surface area contributed by atoms with E-state index >= 15 is 0 Å². The fourth-order valence-electron chi connectivity index (χ4n) is 2.11. The quantitative estimate of drug-likeness (QED) is 0.888. The van der Waals surface area contributed by atoms with E-state index in [4.69, 9.17) is 11.6 Å². The van der Waals surface area contributed by atoms with E-state index in [-0.39, 0.29) is 30.0 Å². The van der Waals surface area contributed by atoms with Gasteiger partial charge in [0.1, 0.15) is 5.82 Å². The summed E-state index contributed by atoms with van der Waals surface area (Å²) in [5, 5.41) is 3.14. The zero-order chi connectivity index (χ0) is 14.8. The van der Waals surface area contributed by atoms with Gasteiger partial charge in [-0.3, -0.25) is 9.69 Å². The highest BCUT2D eigenvalue weighted by Crippen LogP contribution is 2.16. The predicted octanol–water partition coefficient (Wildman–Crippen LogP) is 0.792. The highest BCUT2D eigenvalue weighted by molar-refractivity contribution is 7.91. The van der Waals surface area contributed by atoms with E-state index in [0.717, 1.165) is 0 Å². The molecule has 0 aliphatic carbocycles. The molecule has 1 saturated heterocycles. The number of hydrogen-bond acceptors (Lipinski definition) is 5. The second-order valence-electron chi connectivity index (χ2n) is 4.88. The van der Waals surface area contributed by atoms with Crippen molar-refractivity contribution in [1.82, 2.24) is 9.88 Å². The summed E-state index contributed by atoms with van der Waals surface area (Å²) in [6.45, 7) is 0.129. The maximum absolute atomic E-state index is 11.9. The SMILES string of the molecule is CN(CC(=O)Nc1ccc(Cl)cn1)C1CCS(=O)(=O)C1. The molecule has 0 aromatic carbocycles. The Labute approximate surface area is 123 Å². The van der Waals surface area contributed by atoms with Gasteiger partial charge < -0.3 is 5.32 Å². The van der Waals surface area contributed by atoms with Crippen LogP contribution in [0.25, 0.3) is 0 Å². The summed E-state index contributed by atoms with van der Waals surface area (Å²) in [7, 11) is -1.19. The molecule has 0 radical (unpaired) electrons. The van der Waals surface area contributed by atoms with Gasteiger partial charge in [0.05, 0.1) is 23.1 Å². The van der Waals surface area contributed by atoms with Crippen LogP contribution in [0.5, 0.6) is 0 Å². The largest absolute Gasteiger partial charge is 0.310 e. The highest BCUT2D eigenvalue weighted by atomic mass is 35.5. The van der Waals surface area contributed by atoms with Crippen LogP contribution in [0.15, 0.2) is 18.3 Å². The summed E-state index contributed by atoms with van der Waals surface area (Å²) in [6, 6.07) is 3.15. The van der Waals surface area contributed by atoms with Gasteiger partial charge in [-0.2, -0.15) is 0 Å². The monoisotopic (exact) mass is 317 g/mol. The second kappa shape index (κ2) is 6.07. The van der Waals surface area contributed by atoms with Crippen molar-refractivity contribution in [2.24, 2.45) is 0 Å². The number of pyridine rings is 1. The number of amides is 1. The van der Waals surface area contributed by atoms with E-state index in [1.165, 1.54) is 6.20 Å². The number of halogens is 1. The first-order valence-corrected chi connectivity index (χ1v) is 8.38. The van der Waals surface area contributed by atoms with Gasteiger partial charge in [-0.15, -0.1) is 0 Å². The fourth-order valence-corrected chi connectivity index (χ4v) is 4.03. The number of sulfone groups is 1. The minimum absolute atomic E-state index is 0.0936. The standard InChI is InChI=1S/C12H16ClN3O3S/c1-16(10-4-5-20(18,19)8-10)7-12(17)15-11-3-2-9(13)6-14-11/h2-3,6,10H,4-5,7-8H2,1H3,(H,14,15,17). The summed E-state index contributed by atoms with van der Waals surface area (Å²) in [5.41, 5.74) is 0. The topological polar surface area (TPSA) is 79.4 Å². The molecule has 6 nitrogen and oxygen atoms in total. The van der Waals surface area contributed by atoms with E-state index in [0.29, 0.717) is 17.3 Å². The van der Waals surface area contributed by atoms with Crippen LogP contribution in [-0.2, 0) is 14.6 Å². The van der Waals surface area contributed by atoms with Crippen LogP contribution < -0.4 is 5.32 Å². The van der Waals surface area contributed by atoms with Crippen LogP contribution in [0, 0.1) is 0 Å². The predicted molar refractivity (Wildman–Crippen MR) is 77.6 cm³/mol. The van der Waals surface area contributed by atoms with Gasteiger partial charge in [-0.25, -0.2) is 13.4 Å². The molecular formula is C12H16ClN3O3S. The van der Waals surface area contributed by atoms with Gasteiger partial charge in [-0.05, 0) is 25.6 Å². The van der Waals surface area contributed by atoms with Gasteiger partial charge in [0.25, 0.3) is 0 Å². The average molecular weight is 318 g/mol. The maximum atomic E-state index is 11.9. The van der Waals surface area contributed by atoms with Gasteiger partial charge in [-0.1, -0.05) is 11.6 Å². The first kappa shape index (κ1) is 15.2. The molecule has 1 unspecified atom stereocenters. The van der Waals surface area contributed by atoms with Crippen molar-refractivity contribution in [3.8, 4) is 0 Å². The molecule has 0 spiro atoms. The van der Waals surface area contributed by atoms with Crippen LogP contribution in [0.1, 0.15) is 6.42 Å². The molecule has 1 N–H and O–H groups in total. The molecule has 0 saturated carbocycles. The minimum Gasteiger partial charge on any atom is -0.310 e. The van der Waals surface area contributed by atoms with E-state index in [9.17, 15) is 13.2 Å². The minimum atomic E-state index is -2.94. The molecule has 1 aromatic rings. The third-order valence-electron chi connectivity index (χ3n) is 3.22. The summed E-state index contributed by atoms with van der Waals surface area (Å²) in [5.74, 6) is 0.511. The van der Waals surface area contributed by atoms with E-state index < -0.39 is 9.84 Å². The van der Waals surface area contributed by atoms with Gasteiger partial charge in [0, 0.05) is 12.2 Å². The number of rotatable bonds is 4. The number of nitrogens with one attached hydrogen (secondary N) is 1. The molecule has 0 bridgehead atoms. The van der Waals surface area contributed by atoms with Crippen LogP contribution in [0.3, 0.4) is 0 Å². The van der Waals surface area contributed by atoms with E-state index in [1.807, 2.05) is 0 Å². The van der Waals surface area contributed by atoms with Crippen molar-refractivity contribution in [1.29, 1.82) is 0 Å². The lowest BCUT2D eigenvalue weighted by Crippen LogP contribution is -2.38. The van der Waals surface area contributed by atoms with Gasteiger partial charge >= 0.3 is 0 Å². The molecule has 1 amide bonds. The van der Waals surface area contributed by atoms with E-state index in [2.05, 4.69) is 10.3 Å². The van der Waals surface area contributed by atoms with Crippen molar-refractivity contribution in [2.45, 2.75) is 12.5 Å². The number of anilines is 1. The zero-order valence-corrected chi connectivity index (χ0v) is 12.6. The smallest absolute Gasteiger partial charge is 0.239 e. The van der Waals surface area contributed by atoms with Crippen LogP contribution >= 0.6 is 11.6 Å². The third kappa shape index (κ3) is 4.16. The van der Waals surface area contributed by atoms with Crippen molar-refractivity contribution in [3.63, 3.8) is 0 Å². The second-order valence-corrected chi connectivity index (χ2v) is 7.55. The normalized spacial score (nSPS) is 21.1. The Morgan fingerprint density at radius 3 is 2.85 bits per heavy atom. The van der Waals surface area contributed by atoms with Crippen molar-refractivity contribution < 1.29 is 13.2 Å². The average Bonchev–Trinajstić information content (AvgIpc) is 2.73. The Bertz CT molecular complexity index is 588. The Kier molecular flexibility index (Phi) is 4.62. The summed E-state index contributed by atoms with van der Waals surface area (Å²) < 4.78 is 22.8. The third-order valence-corrected chi connectivity index (χ3v) is 5.19. The van der Waals surface area contributed by atoms with Gasteiger partial charge in [0.15, 0.2) is 9.84 Å². The lowest BCUT2D eigenvalue weighted by Gasteiger charge is -2.22. The zero-order valence-electron chi connectivity index (χ0n) is 11.0. The Morgan fingerprint density at radius 1 is 1.55 bits per heavy atom. The number of carbonyl (C=O) groups excluding carboxylic acids is 1. The Balaban J connectivity index is 1.87. The summed E-state index contributed by atoms with van der Waals surface area (Å²) in [4.78, 5) is 17.6. The molecule has 110 valence electrons. The number of carbonyl (C=O) groups is 1. The van der Waals surface area contributed by atoms with Crippen molar-refractivity contribution in [2.75, 3.05) is 30.4 Å². The molecule has 1 atom stereocenters. The number of hydrogen-bond donors (Lipinski definition) is 1. The van der Waals surface area contributed by atoms with Crippen molar-refractivity contribution in [3.05, 3.63) is 23.4 Å². The molecule has 20 heavy (non-hydrogen) atoms. The van der Waals surface area contributed by atoms with Gasteiger partial charge in [0.2, 0.25) is 5.91 Å². The van der Waals surface area contributed by atoms with Crippen molar-refractivity contribution >= 4 is 33.2 Å². The molecule has 2 heterocycles. The van der Waals surface area contributed by atoms with Crippen LogP contribution in [0.2, 0.25) is 5.02 Å². The summed E-state index contributed by atoms with van der Waals surface area (Å²) >= 11 is 5.71. The number of nitrogens with zero attached hydrogens (tertiary/aromatic N) is 2. The highest BCUT2D eigenvalue weighted by Gasteiger charge is 2.31. The van der Waals surface area contributed by atoms with E-state index in [1.54, 1.807) is 24.1 Å². The lowest BCUT2D eigenvalue weighted by molar-refractivity contribution is -0.117. The molecule has 1 aromatic heterocycles. The molecule has 1 fully saturated rings. The fraction of sp³-hybridized carbons (Fsp3) is 0.500. The first-order chi connectivity index (χ1) is 9.35. The lowest BCUT2D eigenvalue weighted by atomic mass is 10.2. The van der Waals surface area contributed by atoms with Crippen LogP contribution in [0.4, 0.5) is 5.82 Å². The molecule has 1 aliphatic rings. The molecular weight excluding hydrogens is 302 g/mol. The first-order valence-electron chi connectivity index (χ1n) is 6.18. The van der Waals surface area contributed by atoms with Crippen LogP contribution in [-0.4, -0.2) is 55.3 Å².